The number of hydrogen-bond donors (Lipinski definition) is 2. The molecule has 2 aliphatic rings. The van der Waals surface area contributed by atoms with Crippen molar-refractivity contribution in [3.8, 4) is 0 Å². The minimum Gasteiger partial charge on any atom is -0.312 e. The Morgan fingerprint density at radius 3 is 3.20 bits per heavy atom. The fourth-order valence-corrected chi connectivity index (χ4v) is 2.30. The van der Waals surface area contributed by atoms with Crippen LogP contribution in [0.4, 0.5) is 0 Å². The average molecular weight is 203 g/mol. The predicted molar refractivity (Wildman–Crippen MR) is 55.3 cm³/mol. The lowest BCUT2D eigenvalue weighted by atomic mass is 10.0. The first-order chi connectivity index (χ1) is 7.38. The van der Waals surface area contributed by atoms with Gasteiger partial charge in [0.15, 0.2) is 0 Å². The molecule has 3 rings (SSSR count). The van der Waals surface area contributed by atoms with Crippen molar-refractivity contribution < 1.29 is 4.79 Å². The van der Waals surface area contributed by atoms with Gasteiger partial charge in [-0.15, -0.1) is 0 Å². The van der Waals surface area contributed by atoms with E-state index in [0.29, 0.717) is 0 Å². The fourth-order valence-electron chi connectivity index (χ4n) is 2.30. The molecule has 0 saturated heterocycles. The van der Waals surface area contributed by atoms with Gasteiger partial charge in [0.2, 0.25) is 0 Å². The summed E-state index contributed by atoms with van der Waals surface area (Å²) in [5.41, 5.74) is 4.55. The predicted octanol–water partition coefficient (Wildman–Crippen LogP) is 0.0705. The van der Waals surface area contributed by atoms with Gasteiger partial charge in [-0.3, -0.25) is 10.3 Å². The molecule has 78 valence electrons. The fraction of sp³-hybridized carbons (Fsp3) is 0.455. The molecular formula is C11H13N3O. The van der Waals surface area contributed by atoms with Crippen LogP contribution in [0, 0.1) is 0 Å². The molecule has 2 N–H and O–H groups in total. The highest BCUT2D eigenvalue weighted by atomic mass is 16.1. The van der Waals surface area contributed by atoms with Gasteiger partial charge in [0, 0.05) is 31.7 Å². The Labute approximate surface area is 88.1 Å². The van der Waals surface area contributed by atoms with Gasteiger partial charge in [0.25, 0.3) is 0 Å². The molecule has 4 nitrogen and oxygen atoms in total. The lowest BCUT2D eigenvalue weighted by Gasteiger charge is -2.17. The number of nitrogens with zero attached hydrogens (tertiary/aromatic N) is 1. The molecule has 15 heavy (non-hydrogen) atoms. The van der Waals surface area contributed by atoms with Gasteiger partial charge in [-0.05, 0) is 17.2 Å². The lowest BCUT2D eigenvalue weighted by molar-refractivity contribution is -0.109. The van der Waals surface area contributed by atoms with Crippen LogP contribution in [0.15, 0.2) is 6.07 Å². The average Bonchev–Trinajstić information content (AvgIpc) is 2.68. The molecule has 0 spiro atoms. The van der Waals surface area contributed by atoms with E-state index in [1.807, 2.05) is 0 Å². The third kappa shape index (κ3) is 1.37. The first-order valence-electron chi connectivity index (χ1n) is 5.29. The molecule has 0 aliphatic carbocycles. The maximum atomic E-state index is 10.8. The first kappa shape index (κ1) is 9.00. The maximum Gasteiger partial charge on any atom is 0.141 e. The largest absolute Gasteiger partial charge is 0.312 e. The zero-order valence-electron chi connectivity index (χ0n) is 8.42. The van der Waals surface area contributed by atoms with Gasteiger partial charge in [0.1, 0.15) is 6.29 Å². The second-order valence-electron chi connectivity index (χ2n) is 4.05. The van der Waals surface area contributed by atoms with Crippen molar-refractivity contribution in [3.63, 3.8) is 0 Å². The zero-order chi connectivity index (χ0) is 10.3. The number of pyridine rings is 1. The zero-order valence-corrected chi connectivity index (χ0v) is 8.42. The molecule has 1 atom stereocenters. The molecule has 0 saturated carbocycles. The normalized spacial score (nSPS) is 23.3. The highest BCUT2D eigenvalue weighted by molar-refractivity contribution is 5.64. The second kappa shape index (κ2) is 3.40. The molecule has 2 aliphatic heterocycles. The Hall–Kier alpha value is -1.26. The first-order valence-corrected chi connectivity index (χ1v) is 5.29. The highest BCUT2D eigenvalue weighted by Crippen LogP contribution is 2.25. The summed E-state index contributed by atoms with van der Waals surface area (Å²) in [5, 5.41) is 6.46. The molecule has 4 heteroatoms. The number of carbonyl (C=O) groups excluding carboxylic acids is 1. The van der Waals surface area contributed by atoms with Crippen molar-refractivity contribution in [2.75, 3.05) is 6.54 Å². The van der Waals surface area contributed by atoms with E-state index in [9.17, 15) is 4.79 Å². The van der Waals surface area contributed by atoms with Crippen LogP contribution in [0.25, 0.3) is 0 Å². The molecular weight excluding hydrogens is 190 g/mol. The monoisotopic (exact) mass is 203 g/mol. The number of aldehydes is 1. The SMILES string of the molecule is O=CC1NCc2nc3c(cc21)CNCC3. The minimum absolute atomic E-state index is 0.153. The van der Waals surface area contributed by atoms with E-state index in [0.717, 1.165) is 43.6 Å². The van der Waals surface area contributed by atoms with E-state index < -0.39 is 0 Å². The number of carbonyl (C=O) groups is 1. The van der Waals surface area contributed by atoms with Crippen LogP contribution in [0.5, 0.6) is 0 Å². The van der Waals surface area contributed by atoms with Crippen molar-refractivity contribution in [1.82, 2.24) is 15.6 Å². The number of aromatic nitrogens is 1. The van der Waals surface area contributed by atoms with Crippen LogP contribution in [0.3, 0.4) is 0 Å². The van der Waals surface area contributed by atoms with E-state index in [1.165, 1.54) is 11.3 Å². The lowest BCUT2D eigenvalue weighted by Crippen LogP contribution is -2.25. The van der Waals surface area contributed by atoms with E-state index in [-0.39, 0.29) is 6.04 Å². The molecule has 0 aromatic carbocycles. The second-order valence-corrected chi connectivity index (χ2v) is 4.05. The van der Waals surface area contributed by atoms with Crippen molar-refractivity contribution in [2.45, 2.75) is 25.6 Å². The Morgan fingerprint density at radius 1 is 1.40 bits per heavy atom. The minimum atomic E-state index is -0.153. The third-order valence-corrected chi connectivity index (χ3v) is 3.12. The number of fused-ring (bicyclic) bond motifs is 2. The van der Waals surface area contributed by atoms with Crippen LogP contribution in [-0.2, 0) is 24.3 Å². The summed E-state index contributed by atoms with van der Waals surface area (Å²) in [7, 11) is 0. The van der Waals surface area contributed by atoms with E-state index in [2.05, 4.69) is 21.7 Å². The van der Waals surface area contributed by atoms with Gasteiger partial charge >= 0.3 is 0 Å². The smallest absolute Gasteiger partial charge is 0.141 e. The summed E-state index contributed by atoms with van der Waals surface area (Å²) in [6.45, 7) is 2.60. The molecule has 1 aromatic heterocycles. The topological polar surface area (TPSA) is 54.0 Å². The Morgan fingerprint density at radius 2 is 2.33 bits per heavy atom. The number of hydrogen-bond acceptors (Lipinski definition) is 4. The summed E-state index contributed by atoms with van der Waals surface area (Å²) in [5.74, 6) is 0. The molecule has 1 aromatic rings. The Balaban J connectivity index is 2.09. The summed E-state index contributed by atoms with van der Waals surface area (Å²) >= 11 is 0. The van der Waals surface area contributed by atoms with Gasteiger partial charge in [0.05, 0.1) is 11.7 Å². The van der Waals surface area contributed by atoms with Gasteiger partial charge in [-0.1, -0.05) is 0 Å². The number of rotatable bonds is 1. The van der Waals surface area contributed by atoms with Crippen molar-refractivity contribution in [2.24, 2.45) is 0 Å². The standard InChI is InChI=1S/C11H13N3O/c15-6-11-8-3-7-4-12-2-1-9(7)14-10(8)5-13-11/h3,6,11-13H,1-2,4-5H2. The quantitative estimate of drug-likeness (QED) is 0.634. The molecule has 0 amide bonds. The van der Waals surface area contributed by atoms with Crippen LogP contribution >= 0.6 is 0 Å². The molecule has 0 fully saturated rings. The van der Waals surface area contributed by atoms with Gasteiger partial charge in [-0.25, -0.2) is 0 Å². The summed E-state index contributed by atoms with van der Waals surface area (Å²) in [4.78, 5) is 15.5. The molecule has 1 unspecified atom stereocenters. The summed E-state index contributed by atoms with van der Waals surface area (Å²) in [6, 6.07) is 1.97. The number of nitrogens with one attached hydrogen (secondary N) is 2. The molecule has 0 bridgehead atoms. The summed E-state index contributed by atoms with van der Waals surface area (Å²) in [6.07, 6.45) is 1.95. The van der Waals surface area contributed by atoms with Gasteiger partial charge in [-0.2, -0.15) is 0 Å². The van der Waals surface area contributed by atoms with Crippen molar-refractivity contribution in [3.05, 3.63) is 28.6 Å². The van der Waals surface area contributed by atoms with Crippen LogP contribution < -0.4 is 10.6 Å². The van der Waals surface area contributed by atoms with Crippen LogP contribution in [0.1, 0.15) is 28.6 Å². The van der Waals surface area contributed by atoms with Crippen LogP contribution in [-0.4, -0.2) is 17.8 Å². The highest BCUT2D eigenvalue weighted by Gasteiger charge is 2.25. The summed E-state index contributed by atoms with van der Waals surface area (Å²) < 4.78 is 0. The van der Waals surface area contributed by atoms with Crippen molar-refractivity contribution >= 4 is 6.29 Å². The van der Waals surface area contributed by atoms with Crippen molar-refractivity contribution in [1.29, 1.82) is 0 Å². The Bertz CT molecular complexity index is 417. The molecule has 0 radical (unpaired) electrons. The van der Waals surface area contributed by atoms with Crippen LogP contribution in [0.2, 0.25) is 0 Å². The van der Waals surface area contributed by atoms with Gasteiger partial charge < -0.3 is 10.1 Å². The Kier molecular flexibility index (Phi) is 2.04. The van der Waals surface area contributed by atoms with E-state index in [4.69, 9.17) is 0 Å². The maximum absolute atomic E-state index is 10.8. The van der Waals surface area contributed by atoms with E-state index in [1.54, 1.807) is 0 Å². The molecule has 3 heterocycles. The van der Waals surface area contributed by atoms with E-state index >= 15 is 0 Å². The third-order valence-electron chi connectivity index (χ3n) is 3.12.